The summed E-state index contributed by atoms with van der Waals surface area (Å²) in [5, 5.41) is 6.50. The average Bonchev–Trinajstić information content (AvgIpc) is 3.57. The smallest absolute Gasteiger partial charge is 0.254 e. The van der Waals surface area contributed by atoms with Crippen LogP contribution in [0.3, 0.4) is 0 Å². The molecule has 2 bridgehead atoms. The van der Waals surface area contributed by atoms with Crippen molar-refractivity contribution in [3.05, 3.63) is 75.8 Å². The van der Waals surface area contributed by atoms with E-state index >= 15 is 0 Å². The van der Waals surface area contributed by atoms with E-state index in [1.165, 1.54) is 0 Å². The lowest BCUT2D eigenvalue weighted by molar-refractivity contribution is -0.140. The summed E-state index contributed by atoms with van der Waals surface area (Å²) in [6.45, 7) is 0.293. The SMILES string of the molecule is O=C1[C@@H]2[C@H]3C=C[C@@H]([C@@H]4C[C@@H]34)[C@@H]2C(=O)N1/N=C\c1cccc(OCc2ccc(Cl)cc2Cl)c1. The summed E-state index contributed by atoms with van der Waals surface area (Å²) in [6, 6.07) is 12.6. The first-order valence-corrected chi connectivity index (χ1v) is 11.5. The topological polar surface area (TPSA) is 59.0 Å². The van der Waals surface area contributed by atoms with E-state index < -0.39 is 0 Å². The van der Waals surface area contributed by atoms with E-state index in [9.17, 15) is 9.59 Å². The molecule has 0 spiro atoms. The molecule has 1 heterocycles. The Morgan fingerprint density at radius 3 is 2.41 bits per heavy atom. The van der Waals surface area contributed by atoms with Gasteiger partial charge in [0.15, 0.2) is 0 Å². The van der Waals surface area contributed by atoms with Crippen molar-refractivity contribution in [2.75, 3.05) is 0 Å². The first-order valence-electron chi connectivity index (χ1n) is 10.8. The number of rotatable bonds is 5. The highest BCUT2D eigenvalue weighted by Crippen LogP contribution is 2.65. The van der Waals surface area contributed by atoms with Gasteiger partial charge in [-0.1, -0.05) is 53.6 Å². The quantitative estimate of drug-likeness (QED) is 0.355. The van der Waals surface area contributed by atoms with E-state index in [0.717, 1.165) is 22.6 Å². The van der Waals surface area contributed by atoms with Gasteiger partial charge in [0.2, 0.25) is 0 Å². The predicted octanol–water partition coefficient (Wildman–Crippen LogP) is 4.96. The molecular formula is C25H20Cl2N2O3. The van der Waals surface area contributed by atoms with Crippen LogP contribution in [0.5, 0.6) is 5.75 Å². The van der Waals surface area contributed by atoms with Crippen LogP contribution in [0.4, 0.5) is 0 Å². The van der Waals surface area contributed by atoms with E-state index in [2.05, 4.69) is 17.3 Å². The number of amides is 2. The minimum Gasteiger partial charge on any atom is -0.489 e. The summed E-state index contributed by atoms with van der Waals surface area (Å²) in [7, 11) is 0. The van der Waals surface area contributed by atoms with Crippen LogP contribution in [0.25, 0.3) is 0 Å². The molecule has 2 aromatic rings. The fraction of sp³-hybridized carbons (Fsp3) is 0.320. The summed E-state index contributed by atoms with van der Waals surface area (Å²) in [5.74, 6) is 1.39. The maximum Gasteiger partial charge on any atom is 0.254 e. The molecule has 3 fully saturated rings. The number of carbonyl (C=O) groups excluding carboxylic acids is 2. The molecule has 2 amide bonds. The van der Waals surface area contributed by atoms with Crippen molar-refractivity contribution in [3.63, 3.8) is 0 Å². The Morgan fingerprint density at radius 1 is 1.00 bits per heavy atom. The molecular weight excluding hydrogens is 447 g/mol. The van der Waals surface area contributed by atoms with Gasteiger partial charge in [-0.3, -0.25) is 9.59 Å². The van der Waals surface area contributed by atoms with Crippen LogP contribution >= 0.6 is 23.2 Å². The maximum atomic E-state index is 13.0. The second-order valence-electron chi connectivity index (χ2n) is 8.98. The second-order valence-corrected chi connectivity index (χ2v) is 9.83. The number of nitrogens with zero attached hydrogens (tertiary/aromatic N) is 2. The molecule has 1 saturated heterocycles. The molecule has 32 heavy (non-hydrogen) atoms. The summed E-state index contributed by atoms with van der Waals surface area (Å²) in [6.07, 6.45) is 7.01. The molecule has 0 aromatic heterocycles. The van der Waals surface area contributed by atoms with Crippen LogP contribution in [0.15, 0.2) is 59.7 Å². The van der Waals surface area contributed by atoms with Crippen LogP contribution in [-0.4, -0.2) is 23.0 Å². The maximum absolute atomic E-state index is 13.0. The fourth-order valence-corrected chi connectivity index (χ4v) is 6.13. The van der Waals surface area contributed by atoms with Crippen molar-refractivity contribution < 1.29 is 14.3 Å². The van der Waals surface area contributed by atoms with Gasteiger partial charge in [0.1, 0.15) is 12.4 Å². The van der Waals surface area contributed by atoms with E-state index in [4.69, 9.17) is 27.9 Å². The molecule has 7 heteroatoms. The largest absolute Gasteiger partial charge is 0.489 e. The van der Waals surface area contributed by atoms with Gasteiger partial charge in [-0.2, -0.15) is 10.1 Å². The zero-order valence-electron chi connectivity index (χ0n) is 17.0. The number of carbonyl (C=O) groups is 2. The Morgan fingerprint density at radius 2 is 1.72 bits per heavy atom. The van der Waals surface area contributed by atoms with Gasteiger partial charge in [-0.05, 0) is 59.9 Å². The van der Waals surface area contributed by atoms with E-state index in [1.54, 1.807) is 18.3 Å². The summed E-state index contributed by atoms with van der Waals surface area (Å²) in [4.78, 5) is 26.0. The standard InChI is InChI=1S/C25H20Cl2N2O3/c26-15-5-4-14(21(27)9-15)12-32-16-3-1-2-13(8-16)11-28-29-24(30)22-17-6-7-18(20-10-19(17)20)23(22)25(29)31/h1-9,11,17-20,22-23H,10,12H2/b28-11-/t17-,18-,19-,20-,22-,23+/m0/s1. The highest BCUT2D eigenvalue weighted by Gasteiger charge is 2.67. The summed E-state index contributed by atoms with van der Waals surface area (Å²) in [5.41, 5.74) is 1.57. The number of allylic oxidation sites excluding steroid dienone is 2. The van der Waals surface area contributed by atoms with Crippen molar-refractivity contribution in [1.29, 1.82) is 0 Å². The number of hydrazone groups is 1. The number of imide groups is 1. The van der Waals surface area contributed by atoms with Crippen LogP contribution in [0, 0.1) is 35.5 Å². The number of benzene rings is 2. The summed E-state index contributed by atoms with van der Waals surface area (Å²) >= 11 is 12.1. The minimum atomic E-state index is -0.239. The number of hydrogen-bond acceptors (Lipinski definition) is 4. The highest BCUT2D eigenvalue weighted by molar-refractivity contribution is 6.35. The Balaban J connectivity index is 1.16. The second kappa shape index (κ2) is 7.46. The van der Waals surface area contributed by atoms with Gasteiger partial charge in [0, 0.05) is 15.6 Å². The third-order valence-electron chi connectivity index (χ3n) is 7.23. The van der Waals surface area contributed by atoms with Gasteiger partial charge in [-0.15, -0.1) is 0 Å². The lowest BCUT2D eigenvalue weighted by Crippen LogP contribution is -2.40. The average molecular weight is 467 g/mol. The molecule has 7 rings (SSSR count). The van der Waals surface area contributed by atoms with Gasteiger partial charge in [0.25, 0.3) is 11.8 Å². The Kier molecular flexibility index (Phi) is 4.67. The van der Waals surface area contributed by atoms with Crippen molar-refractivity contribution in [3.8, 4) is 5.75 Å². The molecule has 162 valence electrons. The minimum absolute atomic E-state index is 0.161. The lowest BCUT2D eigenvalue weighted by atomic mass is 9.63. The first kappa shape index (κ1) is 20.0. The summed E-state index contributed by atoms with van der Waals surface area (Å²) < 4.78 is 5.85. The van der Waals surface area contributed by atoms with Crippen molar-refractivity contribution in [2.45, 2.75) is 13.0 Å². The third kappa shape index (κ3) is 3.18. The van der Waals surface area contributed by atoms with Gasteiger partial charge >= 0.3 is 0 Å². The molecule has 6 atom stereocenters. The number of ether oxygens (including phenoxy) is 1. The van der Waals surface area contributed by atoms with Crippen molar-refractivity contribution in [2.24, 2.45) is 40.6 Å². The van der Waals surface area contributed by atoms with Gasteiger partial charge < -0.3 is 4.74 Å². The molecule has 5 aliphatic rings. The van der Waals surface area contributed by atoms with Crippen LogP contribution in [0.1, 0.15) is 17.5 Å². The zero-order valence-corrected chi connectivity index (χ0v) is 18.5. The molecule has 0 radical (unpaired) electrons. The molecule has 5 nitrogen and oxygen atoms in total. The van der Waals surface area contributed by atoms with E-state index in [0.29, 0.717) is 34.2 Å². The van der Waals surface area contributed by atoms with Gasteiger partial charge in [0.05, 0.1) is 18.1 Å². The highest BCUT2D eigenvalue weighted by atomic mass is 35.5. The monoisotopic (exact) mass is 466 g/mol. The molecule has 4 aliphatic carbocycles. The normalized spacial score (nSPS) is 31.9. The third-order valence-corrected chi connectivity index (χ3v) is 7.82. The predicted molar refractivity (Wildman–Crippen MR) is 121 cm³/mol. The Hall–Kier alpha value is -2.63. The fourth-order valence-electron chi connectivity index (χ4n) is 5.66. The van der Waals surface area contributed by atoms with Crippen LogP contribution in [0.2, 0.25) is 10.0 Å². The Labute approximate surface area is 195 Å². The van der Waals surface area contributed by atoms with Gasteiger partial charge in [-0.25, -0.2) is 0 Å². The van der Waals surface area contributed by atoms with Crippen LogP contribution in [-0.2, 0) is 16.2 Å². The first-order chi connectivity index (χ1) is 15.5. The Bertz CT molecular complexity index is 1160. The molecule has 0 N–H and O–H groups in total. The van der Waals surface area contributed by atoms with Crippen molar-refractivity contribution in [1.82, 2.24) is 5.01 Å². The lowest BCUT2D eigenvalue weighted by Gasteiger charge is -2.37. The molecule has 0 unspecified atom stereocenters. The molecule has 2 saturated carbocycles. The van der Waals surface area contributed by atoms with Crippen molar-refractivity contribution >= 4 is 41.2 Å². The number of halogens is 2. The molecule has 2 aromatic carbocycles. The number of hydrogen-bond donors (Lipinski definition) is 0. The van der Waals surface area contributed by atoms with E-state index in [-0.39, 0.29) is 35.5 Å². The van der Waals surface area contributed by atoms with Crippen LogP contribution < -0.4 is 4.74 Å². The van der Waals surface area contributed by atoms with E-state index in [1.807, 2.05) is 30.3 Å². The zero-order chi connectivity index (χ0) is 22.0. The molecule has 1 aliphatic heterocycles.